The first-order valence-corrected chi connectivity index (χ1v) is 9.82. The summed E-state index contributed by atoms with van der Waals surface area (Å²) in [5.74, 6) is 1.15. The number of rotatable bonds is 6. The summed E-state index contributed by atoms with van der Waals surface area (Å²) < 4.78 is 5.80. The van der Waals surface area contributed by atoms with Crippen LogP contribution in [-0.4, -0.2) is 66.7 Å². The van der Waals surface area contributed by atoms with Gasteiger partial charge in [0, 0.05) is 26.2 Å². The Labute approximate surface area is 147 Å². The van der Waals surface area contributed by atoms with Gasteiger partial charge in [-0.1, -0.05) is 20.3 Å². The van der Waals surface area contributed by atoms with Crippen molar-refractivity contribution >= 4 is 5.91 Å². The third kappa shape index (κ3) is 5.43. The molecule has 0 aliphatic carbocycles. The molecule has 0 aromatic carbocycles. The van der Waals surface area contributed by atoms with Gasteiger partial charge in [0.05, 0.1) is 18.2 Å². The van der Waals surface area contributed by atoms with Crippen molar-refractivity contribution in [2.24, 2.45) is 17.6 Å². The number of carbonyl (C=O) groups excluding carboxylic acids is 1. The molecule has 0 radical (unpaired) electrons. The highest BCUT2D eigenvalue weighted by Gasteiger charge is 2.29. The number of amides is 1. The number of likely N-dealkylation sites (tertiary alicyclic amines) is 1. The molecule has 2 heterocycles. The van der Waals surface area contributed by atoms with Crippen molar-refractivity contribution in [1.82, 2.24) is 9.80 Å². The van der Waals surface area contributed by atoms with Crippen LogP contribution in [0.5, 0.6) is 0 Å². The lowest BCUT2D eigenvalue weighted by Gasteiger charge is -2.38. The predicted molar refractivity (Wildman–Crippen MR) is 97.8 cm³/mol. The van der Waals surface area contributed by atoms with Gasteiger partial charge in [0.2, 0.25) is 5.91 Å². The molecule has 0 aromatic rings. The van der Waals surface area contributed by atoms with Crippen LogP contribution < -0.4 is 5.73 Å². The van der Waals surface area contributed by atoms with Gasteiger partial charge < -0.3 is 15.4 Å². The van der Waals surface area contributed by atoms with E-state index in [1.165, 1.54) is 6.42 Å². The summed E-state index contributed by atoms with van der Waals surface area (Å²) in [5.41, 5.74) is 6.11. The first kappa shape index (κ1) is 19.7. The molecule has 0 bridgehead atoms. The molecule has 0 aromatic heterocycles. The number of carbonyl (C=O) groups is 1. The van der Waals surface area contributed by atoms with Crippen LogP contribution in [0.3, 0.4) is 0 Å². The van der Waals surface area contributed by atoms with Crippen molar-refractivity contribution in [3.63, 3.8) is 0 Å². The SMILES string of the molecule is CCC(C)C(N)C(=O)N1CCC(CCN2CC(C)OC(C)C2)CC1. The molecule has 2 fully saturated rings. The van der Waals surface area contributed by atoms with E-state index in [1.807, 2.05) is 4.90 Å². The Morgan fingerprint density at radius 3 is 2.33 bits per heavy atom. The van der Waals surface area contributed by atoms with Gasteiger partial charge in [-0.2, -0.15) is 0 Å². The van der Waals surface area contributed by atoms with Crippen LogP contribution in [-0.2, 0) is 9.53 Å². The standard InChI is InChI=1S/C19H37N3O2/c1-5-14(2)18(20)19(23)22-10-7-17(8-11-22)6-9-21-12-15(3)24-16(4)13-21/h14-18H,5-13,20H2,1-4H3. The van der Waals surface area contributed by atoms with E-state index >= 15 is 0 Å². The second kappa shape index (κ2) is 9.16. The molecule has 140 valence electrons. The number of hydrogen-bond donors (Lipinski definition) is 1. The molecular weight excluding hydrogens is 302 g/mol. The van der Waals surface area contributed by atoms with E-state index in [1.54, 1.807) is 0 Å². The topological polar surface area (TPSA) is 58.8 Å². The Morgan fingerprint density at radius 1 is 1.21 bits per heavy atom. The van der Waals surface area contributed by atoms with Crippen LogP contribution in [0, 0.1) is 11.8 Å². The quantitative estimate of drug-likeness (QED) is 0.805. The molecule has 2 N–H and O–H groups in total. The lowest BCUT2D eigenvalue weighted by molar-refractivity contribution is -0.135. The van der Waals surface area contributed by atoms with Crippen LogP contribution in [0.1, 0.15) is 53.4 Å². The Kier molecular flexibility index (Phi) is 7.51. The minimum absolute atomic E-state index is 0.152. The minimum Gasteiger partial charge on any atom is -0.373 e. The van der Waals surface area contributed by atoms with Crippen LogP contribution >= 0.6 is 0 Å². The Hall–Kier alpha value is -0.650. The summed E-state index contributed by atoms with van der Waals surface area (Å²) in [6.07, 6.45) is 5.12. The second-order valence-electron chi connectivity index (χ2n) is 7.99. The molecule has 2 aliphatic rings. The second-order valence-corrected chi connectivity index (χ2v) is 7.99. The summed E-state index contributed by atoms with van der Waals surface area (Å²) >= 11 is 0. The van der Waals surface area contributed by atoms with Crippen molar-refractivity contribution in [2.45, 2.75) is 71.6 Å². The average Bonchev–Trinajstić information content (AvgIpc) is 2.57. The molecule has 0 saturated carbocycles. The van der Waals surface area contributed by atoms with Crippen LogP contribution in [0.2, 0.25) is 0 Å². The summed E-state index contributed by atoms with van der Waals surface area (Å²) in [6.45, 7) is 13.5. The maximum Gasteiger partial charge on any atom is 0.239 e. The Morgan fingerprint density at radius 2 is 1.79 bits per heavy atom. The third-order valence-corrected chi connectivity index (χ3v) is 5.82. The zero-order valence-corrected chi connectivity index (χ0v) is 16.0. The molecule has 4 unspecified atom stereocenters. The van der Waals surface area contributed by atoms with Crippen molar-refractivity contribution in [1.29, 1.82) is 0 Å². The fourth-order valence-corrected chi connectivity index (χ4v) is 3.98. The Bertz CT molecular complexity index is 386. The van der Waals surface area contributed by atoms with Crippen molar-refractivity contribution < 1.29 is 9.53 Å². The maximum absolute atomic E-state index is 12.5. The number of ether oxygens (including phenoxy) is 1. The smallest absolute Gasteiger partial charge is 0.239 e. The maximum atomic E-state index is 12.5. The van der Waals surface area contributed by atoms with Gasteiger partial charge >= 0.3 is 0 Å². The zero-order valence-electron chi connectivity index (χ0n) is 16.0. The zero-order chi connectivity index (χ0) is 17.7. The highest BCUT2D eigenvalue weighted by molar-refractivity contribution is 5.82. The molecule has 0 spiro atoms. The Balaban J connectivity index is 1.70. The molecule has 5 heteroatoms. The number of nitrogens with zero attached hydrogens (tertiary/aromatic N) is 2. The minimum atomic E-state index is -0.331. The van der Waals surface area contributed by atoms with Crippen LogP contribution in [0.25, 0.3) is 0 Å². The highest BCUT2D eigenvalue weighted by atomic mass is 16.5. The third-order valence-electron chi connectivity index (χ3n) is 5.82. The summed E-state index contributed by atoms with van der Waals surface area (Å²) in [5, 5.41) is 0. The molecule has 4 atom stereocenters. The fraction of sp³-hybridized carbons (Fsp3) is 0.947. The molecule has 2 rings (SSSR count). The molecular formula is C19H37N3O2. The summed E-state index contributed by atoms with van der Waals surface area (Å²) in [7, 11) is 0. The van der Waals surface area contributed by atoms with Crippen LogP contribution in [0.4, 0.5) is 0 Å². The normalized spacial score (nSPS) is 29.5. The lowest BCUT2D eigenvalue weighted by atomic mass is 9.91. The monoisotopic (exact) mass is 339 g/mol. The van der Waals surface area contributed by atoms with Crippen molar-refractivity contribution in [2.75, 3.05) is 32.7 Å². The molecule has 24 heavy (non-hydrogen) atoms. The first-order chi connectivity index (χ1) is 11.4. The number of nitrogens with two attached hydrogens (primary N) is 1. The lowest BCUT2D eigenvalue weighted by Crippen LogP contribution is -2.50. The van der Waals surface area contributed by atoms with Crippen molar-refractivity contribution in [3.8, 4) is 0 Å². The number of hydrogen-bond acceptors (Lipinski definition) is 4. The molecule has 2 saturated heterocycles. The van der Waals surface area contributed by atoms with Gasteiger partial charge in [-0.25, -0.2) is 0 Å². The van der Waals surface area contributed by atoms with E-state index in [9.17, 15) is 4.79 Å². The highest BCUT2D eigenvalue weighted by Crippen LogP contribution is 2.23. The average molecular weight is 340 g/mol. The van der Waals surface area contributed by atoms with Crippen molar-refractivity contribution in [3.05, 3.63) is 0 Å². The molecule has 1 amide bonds. The van der Waals surface area contributed by atoms with Gasteiger partial charge in [-0.05, 0) is 51.5 Å². The van der Waals surface area contributed by atoms with E-state index in [4.69, 9.17) is 10.5 Å². The van der Waals surface area contributed by atoms with Gasteiger partial charge in [0.15, 0.2) is 0 Å². The fourth-order valence-electron chi connectivity index (χ4n) is 3.98. The summed E-state index contributed by atoms with van der Waals surface area (Å²) in [6, 6.07) is -0.331. The van der Waals surface area contributed by atoms with Gasteiger partial charge in [0.1, 0.15) is 0 Å². The van der Waals surface area contributed by atoms with Gasteiger partial charge in [-0.3, -0.25) is 9.69 Å². The molecule has 2 aliphatic heterocycles. The largest absolute Gasteiger partial charge is 0.373 e. The first-order valence-electron chi connectivity index (χ1n) is 9.82. The predicted octanol–water partition coefficient (Wildman–Crippen LogP) is 2.10. The van der Waals surface area contributed by atoms with Crippen LogP contribution in [0.15, 0.2) is 0 Å². The van der Waals surface area contributed by atoms with E-state index in [2.05, 4.69) is 32.6 Å². The number of piperidine rings is 1. The van der Waals surface area contributed by atoms with Gasteiger partial charge in [0.25, 0.3) is 0 Å². The molecule has 5 nitrogen and oxygen atoms in total. The summed E-state index contributed by atoms with van der Waals surface area (Å²) in [4.78, 5) is 17.0. The number of morpholine rings is 1. The van der Waals surface area contributed by atoms with Gasteiger partial charge in [-0.15, -0.1) is 0 Å². The van der Waals surface area contributed by atoms with E-state index in [0.29, 0.717) is 12.2 Å². The van der Waals surface area contributed by atoms with E-state index in [0.717, 1.165) is 57.9 Å². The van der Waals surface area contributed by atoms with E-state index < -0.39 is 0 Å². The van der Waals surface area contributed by atoms with E-state index in [-0.39, 0.29) is 17.9 Å².